The zero-order chi connectivity index (χ0) is 15.0. The summed E-state index contributed by atoms with van der Waals surface area (Å²) in [4.78, 5) is 4.17. The highest BCUT2D eigenvalue weighted by Gasteiger charge is 2.50. The number of hydrogen-bond donors (Lipinski definition) is 2. The Morgan fingerprint density at radius 1 is 1.50 bits per heavy atom. The minimum atomic E-state index is -3.56. The van der Waals surface area contributed by atoms with Gasteiger partial charge in [-0.3, -0.25) is 4.98 Å². The van der Waals surface area contributed by atoms with Crippen LogP contribution < -0.4 is 10.5 Å². The monoisotopic (exact) mass is 299 g/mol. The molecule has 1 aliphatic carbocycles. The first-order valence-corrected chi connectivity index (χ1v) is 7.99. The minimum absolute atomic E-state index is 0.0768. The van der Waals surface area contributed by atoms with Crippen LogP contribution in [0.5, 0.6) is 0 Å². The van der Waals surface area contributed by atoms with E-state index in [0.29, 0.717) is 18.7 Å². The van der Waals surface area contributed by atoms with E-state index in [2.05, 4.69) is 9.71 Å². The molecule has 2 rings (SSSR count). The summed E-state index contributed by atoms with van der Waals surface area (Å²) >= 11 is 0. The fourth-order valence-electron chi connectivity index (χ4n) is 2.43. The molecule has 1 aromatic rings. The average Bonchev–Trinajstić information content (AvgIpc) is 2.43. The number of nitrogens with two attached hydrogens (primary N) is 1. The van der Waals surface area contributed by atoms with E-state index in [-0.39, 0.29) is 22.5 Å². The molecule has 1 aromatic heterocycles. The van der Waals surface area contributed by atoms with Crippen LogP contribution in [-0.2, 0) is 21.3 Å². The van der Waals surface area contributed by atoms with Gasteiger partial charge in [-0.2, -0.15) is 0 Å². The summed E-state index contributed by atoms with van der Waals surface area (Å²) < 4.78 is 32.6. The number of nitrogens with one attached hydrogen (secondary N) is 1. The smallest absolute Gasteiger partial charge is 0.242 e. The Kier molecular flexibility index (Phi) is 4.15. The predicted molar refractivity (Wildman–Crippen MR) is 75.4 cm³/mol. The van der Waals surface area contributed by atoms with Gasteiger partial charge in [-0.15, -0.1) is 0 Å². The normalized spacial score (nSPS) is 25.2. The number of pyridine rings is 1. The van der Waals surface area contributed by atoms with E-state index >= 15 is 0 Å². The molecule has 2 unspecified atom stereocenters. The minimum Gasteiger partial charge on any atom is -0.381 e. The van der Waals surface area contributed by atoms with Crippen molar-refractivity contribution >= 4 is 10.0 Å². The molecule has 0 aliphatic heterocycles. The molecule has 3 N–H and O–H groups in total. The van der Waals surface area contributed by atoms with Crippen LogP contribution in [-0.4, -0.2) is 32.7 Å². The zero-order valence-corrected chi connectivity index (χ0v) is 12.8. The molecule has 0 bridgehead atoms. The van der Waals surface area contributed by atoms with Gasteiger partial charge >= 0.3 is 0 Å². The molecule has 1 heterocycles. The van der Waals surface area contributed by atoms with Crippen molar-refractivity contribution in [2.75, 3.05) is 7.11 Å². The van der Waals surface area contributed by atoms with Crippen LogP contribution in [0, 0.1) is 5.41 Å². The van der Waals surface area contributed by atoms with Crippen molar-refractivity contribution in [1.82, 2.24) is 9.71 Å². The van der Waals surface area contributed by atoms with Gasteiger partial charge in [0.05, 0.1) is 11.8 Å². The summed E-state index contributed by atoms with van der Waals surface area (Å²) in [7, 11) is -1.91. The van der Waals surface area contributed by atoms with E-state index in [1.165, 1.54) is 12.3 Å². The Balaban J connectivity index is 2.12. The summed E-state index contributed by atoms with van der Waals surface area (Å²) in [6.07, 6.45) is 2.09. The van der Waals surface area contributed by atoms with Crippen LogP contribution in [0.4, 0.5) is 0 Å². The average molecular weight is 299 g/mol. The third-order valence-corrected chi connectivity index (χ3v) is 5.53. The van der Waals surface area contributed by atoms with E-state index in [1.807, 2.05) is 13.8 Å². The van der Waals surface area contributed by atoms with Gasteiger partial charge in [0.1, 0.15) is 4.90 Å². The first-order valence-electron chi connectivity index (χ1n) is 6.51. The van der Waals surface area contributed by atoms with Gasteiger partial charge < -0.3 is 10.5 Å². The van der Waals surface area contributed by atoms with Gasteiger partial charge in [0, 0.05) is 31.3 Å². The summed E-state index contributed by atoms with van der Waals surface area (Å²) in [6.45, 7) is 4.28. The van der Waals surface area contributed by atoms with Crippen LogP contribution >= 0.6 is 0 Å². The second kappa shape index (κ2) is 5.40. The lowest BCUT2D eigenvalue weighted by Gasteiger charge is -2.50. The number of sulfonamides is 1. The van der Waals surface area contributed by atoms with E-state index in [1.54, 1.807) is 13.2 Å². The highest BCUT2D eigenvalue weighted by atomic mass is 32.2. The maximum atomic E-state index is 12.3. The number of nitrogens with zero attached hydrogens (tertiary/aromatic N) is 1. The maximum absolute atomic E-state index is 12.3. The molecule has 112 valence electrons. The van der Waals surface area contributed by atoms with E-state index in [0.717, 1.165) is 0 Å². The topological polar surface area (TPSA) is 94.3 Å². The Morgan fingerprint density at radius 3 is 2.65 bits per heavy atom. The van der Waals surface area contributed by atoms with Crippen molar-refractivity contribution in [2.45, 2.75) is 43.9 Å². The van der Waals surface area contributed by atoms with Crippen LogP contribution in [0.2, 0.25) is 0 Å². The highest BCUT2D eigenvalue weighted by Crippen LogP contribution is 2.42. The van der Waals surface area contributed by atoms with Gasteiger partial charge in [-0.05, 0) is 18.6 Å². The number of aromatic nitrogens is 1. The summed E-state index contributed by atoms with van der Waals surface area (Å²) in [5, 5.41) is 0. The maximum Gasteiger partial charge on any atom is 0.242 e. The lowest BCUT2D eigenvalue weighted by atomic mass is 9.65. The molecule has 6 nitrogen and oxygen atoms in total. The molecule has 0 radical (unpaired) electrons. The third kappa shape index (κ3) is 2.71. The van der Waals surface area contributed by atoms with Gasteiger partial charge in [0.25, 0.3) is 0 Å². The molecular weight excluding hydrogens is 278 g/mol. The highest BCUT2D eigenvalue weighted by molar-refractivity contribution is 7.89. The molecule has 1 aliphatic rings. The number of hydrogen-bond acceptors (Lipinski definition) is 5. The second-order valence-corrected chi connectivity index (χ2v) is 7.36. The number of ether oxygens (including phenoxy) is 1. The van der Waals surface area contributed by atoms with Crippen molar-refractivity contribution < 1.29 is 13.2 Å². The Labute approximate surface area is 119 Å². The second-order valence-electron chi connectivity index (χ2n) is 5.64. The molecule has 0 saturated heterocycles. The Hall–Kier alpha value is -1.02. The van der Waals surface area contributed by atoms with E-state index < -0.39 is 10.0 Å². The molecule has 2 atom stereocenters. The van der Waals surface area contributed by atoms with Crippen molar-refractivity contribution in [3.05, 3.63) is 24.0 Å². The first-order chi connectivity index (χ1) is 9.31. The fraction of sp³-hybridized carbons (Fsp3) is 0.615. The van der Waals surface area contributed by atoms with Gasteiger partial charge in [0.2, 0.25) is 10.0 Å². The van der Waals surface area contributed by atoms with Crippen LogP contribution in [0.15, 0.2) is 23.2 Å². The Morgan fingerprint density at radius 2 is 2.20 bits per heavy atom. The SMILES string of the molecule is COC1CC(NS(=O)(=O)c2ccc(CN)nc2)C1(C)C. The first kappa shape index (κ1) is 15.4. The summed E-state index contributed by atoms with van der Waals surface area (Å²) in [5.41, 5.74) is 5.89. The van der Waals surface area contributed by atoms with E-state index in [9.17, 15) is 8.42 Å². The molecular formula is C13H21N3O3S. The van der Waals surface area contributed by atoms with Gasteiger partial charge in [-0.1, -0.05) is 13.8 Å². The number of rotatable bonds is 5. The lowest BCUT2D eigenvalue weighted by molar-refractivity contribution is -0.0908. The zero-order valence-electron chi connectivity index (χ0n) is 12.0. The molecule has 0 aromatic carbocycles. The molecule has 0 amide bonds. The van der Waals surface area contributed by atoms with Crippen molar-refractivity contribution in [2.24, 2.45) is 11.1 Å². The van der Waals surface area contributed by atoms with Crippen molar-refractivity contribution in [3.63, 3.8) is 0 Å². The Bertz CT molecular complexity index is 569. The molecule has 7 heteroatoms. The van der Waals surface area contributed by atoms with Crippen molar-refractivity contribution in [3.8, 4) is 0 Å². The fourth-order valence-corrected chi connectivity index (χ4v) is 3.78. The standard InChI is InChI=1S/C13H21N3O3S/c1-13(2)11(6-12(13)19-3)16-20(17,18)10-5-4-9(7-14)15-8-10/h4-5,8,11-12,16H,6-7,14H2,1-3H3. The molecule has 20 heavy (non-hydrogen) atoms. The summed E-state index contributed by atoms with van der Waals surface area (Å²) in [6, 6.07) is 3.02. The quantitative estimate of drug-likeness (QED) is 0.831. The van der Waals surface area contributed by atoms with Crippen LogP contribution in [0.1, 0.15) is 26.0 Å². The molecule has 1 saturated carbocycles. The van der Waals surface area contributed by atoms with E-state index in [4.69, 9.17) is 10.5 Å². The van der Waals surface area contributed by atoms with Gasteiger partial charge in [0.15, 0.2) is 0 Å². The molecule has 0 spiro atoms. The number of methoxy groups -OCH3 is 1. The molecule has 1 fully saturated rings. The third-order valence-electron chi connectivity index (χ3n) is 4.08. The lowest BCUT2D eigenvalue weighted by Crippen LogP contribution is -2.61. The van der Waals surface area contributed by atoms with Crippen LogP contribution in [0.25, 0.3) is 0 Å². The predicted octanol–water partition coefficient (Wildman–Crippen LogP) is 0.632. The largest absolute Gasteiger partial charge is 0.381 e. The summed E-state index contributed by atoms with van der Waals surface area (Å²) in [5.74, 6) is 0. The van der Waals surface area contributed by atoms with Gasteiger partial charge in [-0.25, -0.2) is 13.1 Å². The van der Waals surface area contributed by atoms with Crippen molar-refractivity contribution in [1.29, 1.82) is 0 Å². The van der Waals surface area contributed by atoms with Crippen LogP contribution in [0.3, 0.4) is 0 Å².